The highest BCUT2D eigenvalue weighted by molar-refractivity contribution is 5.93. The lowest BCUT2D eigenvalue weighted by Crippen LogP contribution is -2.34. The van der Waals surface area contributed by atoms with Crippen molar-refractivity contribution < 1.29 is 9.59 Å². The molecule has 1 aromatic rings. The highest BCUT2D eigenvalue weighted by Gasteiger charge is 2.21. The van der Waals surface area contributed by atoms with Gasteiger partial charge in [-0.05, 0) is 55.0 Å². The highest BCUT2D eigenvalue weighted by atomic mass is 16.2. The summed E-state index contributed by atoms with van der Waals surface area (Å²) in [6, 6.07) is 6.01. The first-order valence-electron chi connectivity index (χ1n) is 8.16. The number of carbonyl (C=O) groups is 2. The molecule has 0 spiro atoms. The van der Waals surface area contributed by atoms with Crippen LogP contribution in [0.4, 0.5) is 5.69 Å². The number of benzene rings is 1. The molecule has 120 valence electrons. The van der Waals surface area contributed by atoms with E-state index in [0.717, 1.165) is 43.5 Å². The summed E-state index contributed by atoms with van der Waals surface area (Å²) in [5, 5.41) is 3.02. The number of carbonyl (C=O) groups excluding carboxylic acids is 2. The van der Waals surface area contributed by atoms with Gasteiger partial charge in [-0.15, -0.1) is 0 Å². The van der Waals surface area contributed by atoms with Crippen molar-refractivity contribution >= 4 is 17.5 Å². The Balaban J connectivity index is 1.70. The molecule has 1 aliphatic carbocycles. The van der Waals surface area contributed by atoms with E-state index in [1.807, 2.05) is 12.1 Å². The Hall–Kier alpha value is -2.36. The maximum Gasteiger partial charge on any atom is 0.246 e. The maximum absolute atomic E-state index is 12.3. The number of allylic oxidation sites excluding steroid dienone is 2. The fourth-order valence-electron chi connectivity index (χ4n) is 3.23. The second-order valence-corrected chi connectivity index (χ2v) is 6.17. The zero-order valence-electron chi connectivity index (χ0n) is 13.3. The summed E-state index contributed by atoms with van der Waals surface area (Å²) in [5.74, 6) is 0.109. The molecular formula is C19H22N2O2. The van der Waals surface area contributed by atoms with Gasteiger partial charge in [-0.3, -0.25) is 9.59 Å². The van der Waals surface area contributed by atoms with Crippen LogP contribution >= 0.6 is 0 Å². The van der Waals surface area contributed by atoms with Crippen LogP contribution in [-0.4, -0.2) is 23.3 Å². The van der Waals surface area contributed by atoms with Crippen LogP contribution < -0.4 is 5.32 Å². The molecular weight excluding hydrogens is 288 g/mol. The average molecular weight is 310 g/mol. The highest BCUT2D eigenvalue weighted by Crippen LogP contribution is 2.25. The Bertz CT molecular complexity index is 663. The average Bonchev–Trinajstić information content (AvgIpc) is 2.61. The topological polar surface area (TPSA) is 49.4 Å². The third-order valence-electron chi connectivity index (χ3n) is 4.61. The Labute approximate surface area is 136 Å². The molecule has 1 N–H and O–H groups in total. The van der Waals surface area contributed by atoms with Crippen molar-refractivity contribution in [3.05, 3.63) is 54.1 Å². The van der Waals surface area contributed by atoms with Gasteiger partial charge in [0.2, 0.25) is 11.8 Å². The monoisotopic (exact) mass is 310 g/mol. The van der Waals surface area contributed by atoms with Crippen LogP contribution in [0.25, 0.3) is 0 Å². The lowest BCUT2D eigenvalue weighted by atomic mass is 9.93. The maximum atomic E-state index is 12.3. The van der Waals surface area contributed by atoms with E-state index in [-0.39, 0.29) is 17.7 Å². The van der Waals surface area contributed by atoms with E-state index < -0.39 is 0 Å². The van der Waals surface area contributed by atoms with Crippen molar-refractivity contribution in [3.63, 3.8) is 0 Å². The molecule has 0 aromatic heterocycles. The number of amides is 2. The Morgan fingerprint density at radius 3 is 2.87 bits per heavy atom. The molecule has 3 rings (SSSR count). The summed E-state index contributed by atoms with van der Waals surface area (Å²) < 4.78 is 0. The predicted molar refractivity (Wildman–Crippen MR) is 90.9 cm³/mol. The van der Waals surface area contributed by atoms with Crippen molar-refractivity contribution in [1.82, 2.24) is 4.90 Å². The van der Waals surface area contributed by atoms with Crippen LogP contribution in [0, 0.1) is 5.92 Å². The molecule has 0 saturated carbocycles. The van der Waals surface area contributed by atoms with Crippen LogP contribution in [0.3, 0.4) is 0 Å². The molecule has 1 heterocycles. The lowest BCUT2D eigenvalue weighted by Gasteiger charge is -2.28. The molecule has 0 saturated heterocycles. The second kappa shape index (κ2) is 6.82. The number of nitrogens with zero attached hydrogens (tertiary/aromatic N) is 1. The molecule has 1 aromatic carbocycles. The van der Waals surface area contributed by atoms with Crippen molar-refractivity contribution in [2.24, 2.45) is 5.92 Å². The van der Waals surface area contributed by atoms with Gasteiger partial charge < -0.3 is 10.2 Å². The van der Waals surface area contributed by atoms with Crippen molar-refractivity contribution in [3.8, 4) is 0 Å². The quantitative estimate of drug-likeness (QED) is 0.689. The minimum absolute atomic E-state index is 0.0425. The first-order chi connectivity index (χ1) is 11.2. The SMILES string of the molecule is C=CC(=O)N1CCc2ccc(NC(=O)[C@H]3CC=CCC3)cc2C1. The molecule has 0 unspecified atom stereocenters. The molecule has 23 heavy (non-hydrogen) atoms. The number of fused-ring (bicyclic) bond motifs is 1. The molecule has 0 bridgehead atoms. The number of anilines is 1. The summed E-state index contributed by atoms with van der Waals surface area (Å²) in [6.45, 7) is 4.85. The number of rotatable bonds is 3. The molecule has 0 radical (unpaired) electrons. The number of nitrogens with one attached hydrogen (secondary N) is 1. The van der Waals surface area contributed by atoms with E-state index in [4.69, 9.17) is 0 Å². The number of hydrogen-bond donors (Lipinski definition) is 1. The fourth-order valence-corrected chi connectivity index (χ4v) is 3.23. The fraction of sp³-hybridized carbons (Fsp3) is 0.368. The van der Waals surface area contributed by atoms with E-state index in [9.17, 15) is 9.59 Å². The van der Waals surface area contributed by atoms with Crippen molar-refractivity contribution in [1.29, 1.82) is 0 Å². The normalized spacial score (nSPS) is 19.8. The lowest BCUT2D eigenvalue weighted by molar-refractivity contribution is -0.127. The Kier molecular flexibility index (Phi) is 4.60. The van der Waals surface area contributed by atoms with Crippen LogP contribution in [0.1, 0.15) is 30.4 Å². The van der Waals surface area contributed by atoms with E-state index >= 15 is 0 Å². The van der Waals surface area contributed by atoms with E-state index in [1.54, 1.807) is 4.90 Å². The van der Waals surface area contributed by atoms with Gasteiger partial charge in [0.1, 0.15) is 0 Å². The first kappa shape index (κ1) is 15.5. The van der Waals surface area contributed by atoms with Gasteiger partial charge in [0.25, 0.3) is 0 Å². The largest absolute Gasteiger partial charge is 0.335 e. The molecule has 1 atom stereocenters. The van der Waals surface area contributed by atoms with Gasteiger partial charge in [0, 0.05) is 24.7 Å². The summed E-state index contributed by atoms with van der Waals surface area (Å²) in [5.41, 5.74) is 3.17. The van der Waals surface area contributed by atoms with E-state index in [2.05, 4.69) is 30.1 Å². The van der Waals surface area contributed by atoms with Crippen molar-refractivity contribution in [2.45, 2.75) is 32.2 Å². The molecule has 4 nitrogen and oxygen atoms in total. The van der Waals surface area contributed by atoms with Gasteiger partial charge in [-0.2, -0.15) is 0 Å². The number of hydrogen-bond acceptors (Lipinski definition) is 2. The zero-order valence-corrected chi connectivity index (χ0v) is 13.3. The van der Waals surface area contributed by atoms with E-state index in [0.29, 0.717) is 6.54 Å². The zero-order chi connectivity index (χ0) is 16.2. The predicted octanol–water partition coefficient (Wildman–Crippen LogP) is 3.05. The van der Waals surface area contributed by atoms with Crippen LogP contribution in [0.15, 0.2) is 43.0 Å². The molecule has 2 aliphatic rings. The Morgan fingerprint density at radius 1 is 1.26 bits per heavy atom. The molecule has 1 aliphatic heterocycles. The van der Waals surface area contributed by atoms with E-state index in [1.165, 1.54) is 11.6 Å². The van der Waals surface area contributed by atoms with Crippen LogP contribution in [0.5, 0.6) is 0 Å². The second-order valence-electron chi connectivity index (χ2n) is 6.17. The summed E-state index contributed by atoms with van der Waals surface area (Å²) in [4.78, 5) is 25.9. The third kappa shape index (κ3) is 3.52. The summed E-state index contributed by atoms with van der Waals surface area (Å²) in [7, 11) is 0. The molecule has 4 heteroatoms. The molecule has 0 fully saturated rings. The van der Waals surface area contributed by atoms with Crippen molar-refractivity contribution in [2.75, 3.05) is 11.9 Å². The van der Waals surface area contributed by atoms with Gasteiger partial charge in [0.15, 0.2) is 0 Å². The van der Waals surface area contributed by atoms with Crippen LogP contribution in [-0.2, 0) is 22.6 Å². The van der Waals surface area contributed by atoms with Gasteiger partial charge in [-0.25, -0.2) is 0 Å². The summed E-state index contributed by atoms with van der Waals surface area (Å²) in [6.07, 6.45) is 9.12. The minimum Gasteiger partial charge on any atom is -0.335 e. The Morgan fingerprint density at radius 2 is 2.13 bits per heavy atom. The van der Waals surface area contributed by atoms with Crippen LogP contribution in [0.2, 0.25) is 0 Å². The van der Waals surface area contributed by atoms with Gasteiger partial charge in [-0.1, -0.05) is 24.8 Å². The summed E-state index contributed by atoms with van der Waals surface area (Å²) >= 11 is 0. The van der Waals surface area contributed by atoms with Gasteiger partial charge in [0.05, 0.1) is 0 Å². The molecule has 2 amide bonds. The minimum atomic E-state index is -0.0425. The third-order valence-corrected chi connectivity index (χ3v) is 4.61. The smallest absolute Gasteiger partial charge is 0.246 e. The standard InChI is InChI=1S/C19H22N2O2/c1-2-18(22)21-11-10-14-8-9-17(12-16(14)13-21)20-19(23)15-6-4-3-5-7-15/h2-4,8-9,12,15H,1,5-7,10-11,13H2,(H,20,23)/t15-/m0/s1. The van der Waals surface area contributed by atoms with Gasteiger partial charge >= 0.3 is 0 Å². The first-order valence-corrected chi connectivity index (χ1v) is 8.16.